The molecule has 0 radical (unpaired) electrons. The SMILES string of the molecule is CCOc1ccc(N2C(=O)C[C@H](NC(C)C)C2=O)cc1. The smallest absolute Gasteiger partial charge is 0.251 e. The standard InChI is InChI=1S/C15H20N2O3/c1-4-20-12-7-5-11(6-8-12)17-14(18)9-13(15(17)19)16-10(2)3/h5-8,10,13,16H,4,9H2,1-3H3/t13-/m0/s1. The van der Waals surface area contributed by atoms with Gasteiger partial charge in [0, 0.05) is 6.04 Å². The number of carbonyl (C=O) groups excluding carboxylic acids is 2. The van der Waals surface area contributed by atoms with Gasteiger partial charge < -0.3 is 10.1 Å². The molecule has 1 aliphatic heterocycles. The molecule has 0 spiro atoms. The van der Waals surface area contributed by atoms with E-state index in [1.54, 1.807) is 24.3 Å². The lowest BCUT2D eigenvalue weighted by atomic mass is 10.2. The summed E-state index contributed by atoms with van der Waals surface area (Å²) >= 11 is 0. The van der Waals surface area contributed by atoms with Crippen molar-refractivity contribution >= 4 is 17.5 Å². The molecule has 0 aromatic heterocycles. The fourth-order valence-electron chi connectivity index (χ4n) is 2.29. The summed E-state index contributed by atoms with van der Waals surface area (Å²) in [5.41, 5.74) is 0.594. The van der Waals surface area contributed by atoms with Gasteiger partial charge >= 0.3 is 0 Å². The van der Waals surface area contributed by atoms with Crippen LogP contribution in [0.2, 0.25) is 0 Å². The van der Waals surface area contributed by atoms with Crippen LogP contribution in [0.1, 0.15) is 27.2 Å². The highest BCUT2D eigenvalue weighted by atomic mass is 16.5. The molecule has 0 saturated carbocycles. The Bertz CT molecular complexity index is 496. The van der Waals surface area contributed by atoms with Crippen LogP contribution in [0.15, 0.2) is 24.3 Å². The van der Waals surface area contributed by atoms with Gasteiger partial charge in [0.1, 0.15) is 5.75 Å². The van der Waals surface area contributed by atoms with Crippen LogP contribution in [0.3, 0.4) is 0 Å². The zero-order valence-electron chi connectivity index (χ0n) is 12.1. The molecule has 1 aliphatic rings. The predicted molar refractivity (Wildman–Crippen MR) is 76.8 cm³/mol. The van der Waals surface area contributed by atoms with Gasteiger partial charge in [-0.3, -0.25) is 9.59 Å². The largest absolute Gasteiger partial charge is 0.494 e. The fourth-order valence-corrected chi connectivity index (χ4v) is 2.29. The molecule has 1 heterocycles. The van der Waals surface area contributed by atoms with Crippen molar-refractivity contribution in [3.05, 3.63) is 24.3 Å². The van der Waals surface area contributed by atoms with E-state index in [-0.39, 0.29) is 24.3 Å². The highest BCUT2D eigenvalue weighted by Gasteiger charge is 2.39. The van der Waals surface area contributed by atoms with Crippen LogP contribution in [-0.2, 0) is 9.59 Å². The average molecular weight is 276 g/mol. The van der Waals surface area contributed by atoms with Crippen molar-refractivity contribution in [3.8, 4) is 5.75 Å². The quantitative estimate of drug-likeness (QED) is 0.832. The number of hydrogen-bond donors (Lipinski definition) is 1. The van der Waals surface area contributed by atoms with Crippen molar-refractivity contribution in [1.29, 1.82) is 0 Å². The molecular weight excluding hydrogens is 256 g/mol. The Hall–Kier alpha value is -1.88. The summed E-state index contributed by atoms with van der Waals surface area (Å²) in [6.45, 7) is 6.40. The Kier molecular flexibility index (Phi) is 4.39. The zero-order valence-corrected chi connectivity index (χ0v) is 12.1. The minimum absolute atomic E-state index is 0.164. The third-order valence-corrected chi connectivity index (χ3v) is 3.09. The van der Waals surface area contributed by atoms with Crippen molar-refractivity contribution in [2.75, 3.05) is 11.5 Å². The summed E-state index contributed by atoms with van der Waals surface area (Å²) in [7, 11) is 0. The summed E-state index contributed by atoms with van der Waals surface area (Å²) < 4.78 is 5.35. The molecule has 0 unspecified atom stereocenters. The molecule has 2 amide bonds. The molecule has 1 fully saturated rings. The first kappa shape index (κ1) is 14.5. The number of imide groups is 1. The number of rotatable bonds is 5. The first-order valence-corrected chi connectivity index (χ1v) is 6.88. The van der Waals surface area contributed by atoms with Gasteiger partial charge in [-0.05, 0) is 31.2 Å². The van der Waals surface area contributed by atoms with Gasteiger partial charge in [0.05, 0.1) is 24.8 Å². The van der Waals surface area contributed by atoms with Crippen LogP contribution in [-0.4, -0.2) is 30.5 Å². The average Bonchev–Trinajstić information content (AvgIpc) is 2.65. The number of ether oxygens (including phenoxy) is 1. The third kappa shape index (κ3) is 2.99. The van der Waals surface area contributed by atoms with E-state index < -0.39 is 6.04 Å². The Balaban J connectivity index is 2.15. The maximum atomic E-state index is 12.3. The van der Waals surface area contributed by atoms with Gasteiger partial charge in [-0.25, -0.2) is 4.90 Å². The number of carbonyl (C=O) groups is 2. The number of nitrogens with zero attached hydrogens (tertiary/aromatic N) is 1. The van der Waals surface area contributed by atoms with E-state index in [0.29, 0.717) is 12.3 Å². The van der Waals surface area contributed by atoms with Gasteiger partial charge in [0.2, 0.25) is 5.91 Å². The lowest BCUT2D eigenvalue weighted by molar-refractivity contribution is -0.121. The minimum atomic E-state index is -0.422. The second-order valence-electron chi connectivity index (χ2n) is 5.07. The third-order valence-electron chi connectivity index (χ3n) is 3.09. The van der Waals surface area contributed by atoms with E-state index in [4.69, 9.17) is 4.74 Å². The first-order valence-electron chi connectivity index (χ1n) is 6.88. The molecule has 1 N–H and O–H groups in total. The summed E-state index contributed by atoms with van der Waals surface area (Å²) in [4.78, 5) is 25.5. The molecule has 1 atom stereocenters. The molecule has 1 aromatic carbocycles. The molecular formula is C15H20N2O3. The first-order chi connectivity index (χ1) is 9.52. The number of amides is 2. The van der Waals surface area contributed by atoms with Crippen LogP contribution in [0, 0.1) is 0 Å². The van der Waals surface area contributed by atoms with E-state index in [0.717, 1.165) is 5.75 Å². The fraction of sp³-hybridized carbons (Fsp3) is 0.467. The summed E-state index contributed by atoms with van der Waals surface area (Å²) in [6, 6.07) is 6.74. The molecule has 0 bridgehead atoms. The topological polar surface area (TPSA) is 58.6 Å². The monoisotopic (exact) mass is 276 g/mol. The molecule has 5 nitrogen and oxygen atoms in total. The maximum Gasteiger partial charge on any atom is 0.251 e. The van der Waals surface area contributed by atoms with Gasteiger partial charge in [-0.1, -0.05) is 13.8 Å². The summed E-state index contributed by atoms with van der Waals surface area (Å²) in [5.74, 6) is 0.373. The molecule has 0 aliphatic carbocycles. The van der Waals surface area contributed by atoms with Gasteiger partial charge in [-0.15, -0.1) is 0 Å². The maximum absolute atomic E-state index is 12.3. The summed E-state index contributed by atoms with van der Waals surface area (Å²) in [6.07, 6.45) is 0.213. The van der Waals surface area contributed by atoms with E-state index in [9.17, 15) is 9.59 Å². The van der Waals surface area contributed by atoms with Crippen molar-refractivity contribution in [3.63, 3.8) is 0 Å². The number of nitrogens with one attached hydrogen (secondary N) is 1. The van der Waals surface area contributed by atoms with Gasteiger partial charge in [0.25, 0.3) is 5.91 Å². The van der Waals surface area contributed by atoms with Crippen LogP contribution in [0.4, 0.5) is 5.69 Å². The van der Waals surface area contributed by atoms with Crippen LogP contribution in [0.25, 0.3) is 0 Å². The van der Waals surface area contributed by atoms with Crippen molar-refractivity contribution < 1.29 is 14.3 Å². The van der Waals surface area contributed by atoms with Crippen molar-refractivity contribution in [2.45, 2.75) is 39.3 Å². The van der Waals surface area contributed by atoms with E-state index >= 15 is 0 Å². The highest BCUT2D eigenvalue weighted by molar-refractivity contribution is 6.22. The number of hydrogen-bond acceptors (Lipinski definition) is 4. The molecule has 20 heavy (non-hydrogen) atoms. The van der Waals surface area contributed by atoms with Gasteiger partial charge in [-0.2, -0.15) is 0 Å². The predicted octanol–water partition coefficient (Wildman–Crippen LogP) is 1.72. The van der Waals surface area contributed by atoms with Crippen LogP contribution in [0.5, 0.6) is 5.75 Å². The zero-order chi connectivity index (χ0) is 14.7. The van der Waals surface area contributed by atoms with Gasteiger partial charge in [0.15, 0.2) is 0 Å². The number of benzene rings is 1. The van der Waals surface area contributed by atoms with E-state index in [2.05, 4.69) is 5.32 Å². The molecule has 108 valence electrons. The normalized spacial score (nSPS) is 19.0. The summed E-state index contributed by atoms with van der Waals surface area (Å²) in [5, 5.41) is 3.12. The van der Waals surface area contributed by atoms with Crippen LogP contribution >= 0.6 is 0 Å². The second-order valence-corrected chi connectivity index (χ2v) is 5.07. The van der Waals surface area contributed by atoms with E-state index in [1.165, 1.54) is 4.90 Å². The lowest BCUT2D eigenvalue weighted by Gasteiger charge is -2.17. The second kappa shape index (κ2) is 6.05. The Morgan fingerprint density at radius 3 is 2.50 bits per heavy atom. The lowest BCUT2D eigenvalue weighted by Crippen LogP contribution is -2.41. The Morgan fingerprint density at radius 1 is 1.30 bits per heavy atom. The van der Waals surface area contributed by atoms with Crippen molar-refractivity contribution in [2.24, 2.45) is 0 Å². The Morgan fingerprint density at radius 2 is 1.95 bits per heavy atom. The molecule has 1 aromatic rings. The highest BCUT2D eigenvalue weighted by Crippen LogP contribution is 2.25. The number of anilines is 1. The van der Waals surface area contributed by atoms with Crippen molar-refractivity contribution in [1.82, 2.24) is 5.32 Å². The molecule has 2 rings (SSSR count). The van der Waals surface area contributed by atoms with Crippen LogP contribution < -0.4 is 15.0 Å². The minimum Gasteiger partial charge on any atom is -0.494 e. The molecule has 1 saturated heterocycles. The Labute approximate surface area is 118 Å². The molecule has 5 heteroatoms. The van der Waals surface area contributed by atoms with E-state index in [1.807, 2.05) is 20.8 Å².